The SMILES string of the molecule is Cc1ccc(CNCC2(O)CCCCCC2)cc1[N+](=O)[O-]. The Hall–Kier alpha value is -1.46. The van der Waals surface area contributed by atoms with Crippen molar-refractivity contribution >= 4 is 5.69 Å². The first kappa shape index (κ1) is 15.9. The number of rotatable bonds is 5. The molecule has 5 heteroatoms. The molecule has 0 unspecified atom stereocenters. The molecule has 21 heavy (non-hydrogen) atoms. The molecule has 0 aliphatic heterocycles. The van der Waals surface area contributed by atoms with Crippen molar-refractivity contribution in [2.75, 3.05) is 6.54 Å². The van der Waals surface area contributed by atoms with E-state index in [0.717, 1.165) is 31.2 Å². The Morgan fingerprint density at radius 3 is 2.57 bits per heavy atom. The van der Waals surface area contributed by atoms with Crippen LogP contribution >= 0.6 is 0 Å². The summed E-state index contributed by atoms with van der Waals surface area (Å²) in [6, 6.07) is 5.28. The van der Waals surface area contributed by atoms with E-state index in [0.29, 0.717) is 18.7 Å². The van der Waals surface area contributed by atoms with E-state index >= 15 is 0 Å². The second kappa shape index (κ2) is 7.00. The lowest BCUT2D eigenvalue weighted by atomic mass is 9.94. The van der Waals surface area contributed by atoms with Gasteiger partial charge in [-0.05, 0) is 25.3 Å². The van der Waals surface area contributed by atoms with Crippen LogP contribution in [0.15, 0.2) is 18.2 Å². The first-order chi connectivity index (χ1) is 10.0. The van der Waals surface area contributed by atoms with Crippen LogP contribution in [-0.4, -0.2) is 22.2 Å². The number of aryl methyl sites for hydroxylation is 1. The summed E-state index contributed by atoms with van der Waals surface area (Å²) < 4.78 is 0. The van der Waals surface area contributed by atoms with Crippen LogP contribution in [0.3, 0.4) is 0 Å². The molecule has 0 spiro atoms. The van der Waals surface area contributed by atoms with Crippen LogP contribution in [0.25, 0.3) is 0 Å². The van der Waals surface area contributed by atoms with Gasteiger partial charge in [-0.3, -0.25) is 10.1 Å². The van der Waals surface area contributed by atoms with Gasteiger partial charge in [0.1, 0.15) is 0 Å². The number of benzene rings is 1. The van der Waals surface area contributed by atoms with Crippen molar-refractivity contribution in [1.82, 2.24) is 5.32 Å². The van der Waals surface area contributed by atoms with E-state index in [1.807, 2.05) is 6.07 Å². The molecule has 1 aliphatic rings. The summed E-state index contributed by atoms with van der Waals surface area (Å²) in [5.74, 6) is 0. The molecule has 5 nitrogen and oxygen atoms in total. The molecule has 0 atom stereocenters. The van der Waals surface area contributed by atoms with Crippen molar-refractivity contribution in [1.29, 1.82) is 0 Å². The van der Waals surface area contributed by atoms with Gasteiger partial charge < -0.3 is 10.4 Å². The minimum atomic E-state index is -0.618. The van der Waals surface area contributed by atoms with E-state index in [1.165, 1.54) is 12.8 Å². The van der Waals surface area contributed by atoms with Gasteiger partial charge in [0.2, 0.25) is 0 Å². The quantitative estimate of drug-likeness (QED) is 0.497. The molecule has 1 aliphatic carbocycles. The lowest BCUT2D eigenvalue weighted by Gasteiger charge is -2.27. The minimum absolute atomic E-state index is 0.155. The number of nitro groups is 1. The van der Waals surface area contributed by atoms with Gasteiger partial charge >= 0.3 is 0 Å². The molecule has 1 aromatic rings. The Morgan fingerprint density at radius 2 is 1.95 bits per heavy atom. The van der Waals surface area contributed by atoms with E-state index in [2.05, 4.69) is 5.32 Å². The van der Waals surface area contributed by atoms with Crippen molar-refractivity contribution in [3.8, 4) is 0 Å². The Morgan fingerprint density at radius 1 is 1.29 bits per heavy atom. The third kappa shape index (κ3) is 4.51. The number of nitrogens with zero attached hydrogens (tertiary/aromatic N) is 1. The van der Waals surface area contributed by atoms with E-state index in [-0.39, 0.29) is 10.6 Å². The maximum atomic E-state index is 10.9. The van der Waals surface area contributed by atoms with Gasteiger partial charge in [-0.1, -0.05) is 37.8 Å². The summed E-state index contributed by atoms with van der Waals surface area (Å²) in [7, 11) is 0. The predicted molar refractivity (Wildman–Crippen MR) is 82.2 cm³/mol. The molecular weight excluding hydrogens is 268 g/mol. The van der Waals surface area contributed by atoms with Crippen molar-refractivity contribution < 1.29 is 10.0 Å². The molecule has 0 radical (unpaired) electrons. The predicted octanol–water partition coefficient (Wildman–Crippen LogP) is 3.08. The normalized spacial score (nSPS) is 18.2. The molecule has 116 valence electrons. The Kier molecular flexibility index (Phi) is 5.31. The molecule has 0 bridgehead atoms. The highest BCUT2D eigenvalue weighted by atomic mass is 16.6. The molecule has 2 N–H and O–H groups in total. The summed E-state index contributed by atoms with van der Waals surface area (Å²) in [6.07, 6.45) is 6.24. The summed E-state index contributed by atoms with van der Waals surface area (Å²) >= 11 is 0. The van der Waals surface area contributed by atoms with Gasteiger partial charge in [-0.2, -0.15) is 0 Å². The zero-order valence-electron chi connectivity index (χ0n) is 12.6. The zero-order chi connectivity index (χ0) is 15.3. The van der Waals surface area contributed by atoms with Crippen molar-refractivity contribution in [3.05, 3.63) is 39.4 Å². The van der Waals surface area contributed by atoms with Crippen molar-refractivity contribution in [3.63, 3.8) is 0 Å². The Bertz CT molecular complexity index is 494. The number of hydrogen-bond donors (Lipinski definition) is 2. The highest BCUT2D eigenvalue weighted by Gasteiger charge is 2.27. The highest BCUT2D eigenvalue weighted by molar-refractivity contribution is 5.42. The average Bonchev–Trinajstić information content (AvgIpc) is 2.65. The fraction of sp³-hybridized carbons (Fsp3) is 0.625. The summed E-state index contributed by atoms with van der Waals surface area (Å²) in [4.78, 5) is 10.6. The topological polar surface area (TPSA) is 75.4 Å². The Labute approximate surface area is 125 Å². The third-order valence-corrected chi connectivity index (χ3v) is 4.29. The molecule has 1 fully saturated rings. The van der Waals surface area contributed by atoms with Gasteiger partial charge in [0, 0.05) is 24.7 Å². The van der Waals surface area contributed by atoms with Crippen LogP contribution in [0.2, 0.25) is 0 Å². The monoisotopic (exact) mass is 292 g/mol. The molecule has 0 heterocycles. The molecular formula is C16H24N2O3. The smallest absolute Gasteiger partial charge is 0.272 e. The van der Waals surface area contributed by atoms with Crippen LogP contribution in [-0.2, 0) is 6.54 Å². The average molecular weight is 292 g/mol. The maximum absolute atomic E-state index is 10.9. The van der Waals surface area contributed by atoms with Gasteiger partial charge in [-0.25, -0.2) is 0 Å². The van der Waals surface area contributed by atoms with Gasteiger partial charge in [0.05, 0.1) is 10.5 Å². The van der Waals surface area contributed by atoms with Crippen molar-refractivity contribution in [2.45, 2.75) is 57.6 Å². The van der Waals surface area contributed by atoms with Crippen LogP contribution in [0, 0.1) is 17.0 Å². The summed E-state index contributed by atoms with van der Waals surface area (Å²) in [6.45, 7) is 2.84. The molecule has 1 aromatic carbocycles. The maximum Gasteiger partial charge on any atom is 0.272 e. The summed E-state index contributed by atoms with van der Waals surface area (Å²) in [5, 5.41) is 24.7. The van der Waals surface area contributed by atoms with E-state index < -0.39 is 5.60 Å². The van der Waals surface area contributed by atoms with Gasteiger partial charge in [0.25, 0.3) is 5.69 Å². The van der Waals surface area contributed by atoms with Crippen LogP contribution in [0.4, 0.5) is 5.69 Å². The zero-order valence-corrected chi connectivity index (χ0v) is 12.6. The highest BCUT2D eigenvalue weighted by Crippen LogP contribution is 2.26. The lowest BCUT2D eigenvalue weighted by Crippen LogP contribution is -2.39. The second-order valence-corrected chi connectivity index (χ2v) is 6.12. The van der Waals surface area contributed by atoms with E-state index in [9.17, 15) is 15.2 Å². The van der Waals surface area contributed by atoms with Gasteiger partial charge in [0.15, 0.2) is 0 Å². The van der Waals surface area contributed by atoms with E-state index in [4.69, 9.17) is 0 Å². The summed E-state index contributed by atoms with van der Waals surface area (Å²) in [5.41, 5.74) is 1.09. The number of nitrogens with one attached hydrogen (secondary N) is 1. The molecule has 0 amide bonds. The molecule has 0 saturated heterocycles. The molecule has 2 rings (SSSR count). The standard InChI is InChI=1S/C16H24N2O3/c1-13-6-7-14(10-15(13)18(20)21)11-17-12-16(19)8-4-2-3-5-9-16/h6-7,10,17,19H,2-5,8-9,11-12H2,1H3. The van der Waals surface area contributed by atoms with Crippen LogP contribution < -0.4 is 5.32 Å². The van der Waals surface area contributed by atoms with Crippen LogP contribution in [0.1, 0.15) is 49.7 Å². The first-order valence-electron chi connectivity index (χ1n) is 7.67. The van der Waals surface area contributed by atoms with E-state index in [1.54, 1.807) is 19.1 Å². The lowest BCUT2D eigenvalue weighted by molar-refractivity contribution is -0.385. The fourth-order valence-corrected chi connectivity index (χ4v) is 2.96. The van der Waals surface area contributed by atoms with Gasteiger partial charge in [-0.15, -0.1) is 0 Å². The number of aliphatic hydroxyl groups is 1. The third-order valence-electron chi connectivity index (χ3n) is 4.29. The first-order valence-corrected chi connectivity index (χ1v) is 7.67. The Balaban J connectivity index is 1.91. The number of nitro benzene ring substituents is 1. The fourth-order valence-electron chi connectivity index (χ4n) is 2.96. The van der Waals surface area contributed by atoms with Crippen molar-refractivity contribution in [2.24, 2.45) is 0 Å². The molecule has 0 aromatic heterocycles. The second-order valence-electron chi connectivity index (χ2n) is 6.12. The minimum Gasteiger partial charge on any atom is -0.389 e. The number of hydrogen-bond acceptors (Lipinski definition) is 4. The molecule has 1 saturated carbocycles. The van der Waals surface area contributed by atoms with Crippen LogP contribution in [0.5, 0.6) is 0 Å². The largest absolute Gasteiger partial charge is 0.389 e.